The number of hydrogen-bond acceptors (Lipinski definition) is 5. The van der Waals surface area contributed by atoms with E-state index in [4.69, 9.17) is 0 Å². The van der Waals surface area contributed by atoms with Gasteiger partial charge in [0, 0.05) is 30.1 Å². The Balaban J connectivity index is 2.79. The number of nitrogens with one attached hydrogen (secondary N) is 1. The number of rotatable bonds is 4. The molecule has 1 aliphatic heterocycles. The highest BCUT2D eigenvalue weighted by molar-refractivity contribution is 5.83. The maximum absolute atomic E-state index is 12.1. The van der Waals surface area contributed by atoms with Gasteiger partial charge in [-0.05, 0) is 33.3 Å². The number of carbonyl (C=O) groups is 2. The van der Waals surface area contributed by atoms with Gasteiger partial charge < -0.3 is 15.5 Å². The van der Waals surface area contributed by atoms with E-state index in [1.165, 1.54) is 32.0 Å². The van der Waals surface area contributed by atoms with Crippen molar-refractivity contribution >= 4 is 17.6 Å². The fourth-order valence-corrected chi connectivity index (χ4v) is 3.97. The lowest BCUT2D eigenvalue weighted by molar-refractivity contribution is -0.385. The average Bonchev–Trinajstić information content (AvgIpc) is 2.53. The fourth-order valence-electron chi connectivity index (χ4n) is 3.97. The summed E-state index contributed by atoms with van der Waals surface area (Å²) in [6.07, 6.45) is 0. The van der Waals surface area contributed by atoms with Gasteiger partial charge in [-0.2, -0.15) is 0 Å². The summed E-state index contributed by atoms with van der Waals surface area (Å²) in [6, 6.07) is 4.53. The second kappa shape index (κ2) is 6.11. The lowest BCUT2D eigenvalue weighted by atomic mass is 9.53. The lowest BCUT2D eigenvalue weighted by Gasteiger charge is -2.54. The lowest BCUT2D eigenvalue weighted by Crippen LogP contribution is -2.67. The van der Waals surface area contributed by atoms with Gasteiger partial charge in [0.1, 0.15) is 0 Å². The zero-order valence-electron chi connectivity index (χ0n) is 14.5. The first kappa shape index (κ1) is 18.9. The molecule has 1 aromatic carbocycles. The first-order valence-corrected chi connectivity index (χ1v) is 7.94. The number of non-ortho nitro benzene ring substituents is 1. The number of nitro groups is 1. The highest BCUT2D eigenvalue weighted by Crippen LogP contribution is 2.55. The zero-order valence-corrected chi connectivity index (χ0v) is 14.5. The van der Waals surface area contributed by atoms with Crippen LogP contribution in [0.2, 0.25) is 0 Å². The highest BCUT2D eigenvalue weighted by Gasteiger charge is 2.63. The molecule has 4 unspecified atom stereocenters. The second-order valence-corrected chi connectivity index (χ2v) is 7.07. The van der Waals surface area contributed by atoms with Crippen molar-refractivity contribution in [3.05, 3.63) is 39.9 Å². The van der Waals surface area contributed by atoms with Crippen molar-refractivity contribution < 1.29 is 24.7 Å². The van der Waals surface area contributed by atoms with Crippen LogP contribution in [0.4, 0.5) is 5.69 Å². The van der Waals surface area contributed by atoms with E-state index >= 15 is 0 Å². The summed E-state index contributed by atoms with van der Waals surface area (Å²) in [5, 5.41) is 34.0. The number of nitro benzene ring substituents is 1. The predicted octanol–water partition coefficient (Wildman–Crippen LogP) is 2.24. The average molecular weight is 350 g/mol. The summed E-state index contributed by atoms with van der Waals surface area (Å²) in [4.78, 5) is 34.8. The van der Waals surface area contributed by atoms with E-state index in [0.29, 0.717) is 5.56 Å². The van der Waals surface area contributed by atoms with Crippen LogP contribution in [0, 0.1) is 20.9 Å². The molecule has 1 saturated heterocycles. The summed E-state index contributed by atoms with van der Waals surface area (Å²) in [5.74, 6) is -3.26. The van der Waals surface area contributed by atoms with Gasteiger partial charge in [0.2, 0.25) is 0 Å². The molecule has 0 saturated carbocycles. The second-order valence-electron chi connectivity index (χ2n) is 7.07. The molecule has 0 bridgehead atoms. The standard InChI is InChI=1S/C17H22N2O6/c1-9-16(3,14(20)21)13(17(4,15(22)23)10(2)18-9)11-6-5-7-12(8-11)19(24)25/h5-10,13,18H,1-4H3,(H,20,21)(H,22,23). The van der Waals surface area contributed by atoms with Crippen molar-refractivity contribution in [1.29, 1.82) is 0 Å². The molecule has 1 aromatic rings. The van der Waals surface area contributed by atoms with Crippen molar-refractivity contribution in [3.8, 4) is 0 Å². The Morgan fingerprint density at radius 3 is 2.00 bits per heavy atom. The van der Waals surface area contributed by atoms with Crippen molar-refractivity contribution in [2.75, 3.05) is 0 Å². The summed E-state index contributed by atoms with van der Waals surface area (Å²) in [6.45, 7) is 6.36. The molecule has 3 N–H and O–H groups in total. The van der Waals surface area contributed by atoms with Crippen LogP contribution in [0.1, 0.15) is 39.2 Å². The molecule has 0 radical (unpaired) electrons. The molecule has 1 fully saturated rings. The van der Waals surface area contributed by atoms with Crippen LogP contribution >= 0.6 is 0 Å². The molecule has 1 heterocycles. The van der Waals surface area contributed by atoms with Crippen LogP contribution < -0.4 is 5.32 Å². The Hall–Kier alpha value is -2.48. The van der Waals surface area contributed by atoms with Crippen LogP contribution in [-0.2, 0) is 9.59 Å². The van der Waals surface area contributed by atoms with Crippen LogP contribution in [0.5, 0.6) is 0 Å². The van der Waals surface area contributed by atoms with Crippen molar-refractivity contribution in [2.45, 2.75) is 45.7 Å². The number of benzene rings is 1. The number of carboxylic acid groups (broad SMARTS) is 2. The number of nitrogens with zero attached hydrogens (tertiary/aromatic N) is 1. The number of piperidine rings is 1. The molecule has 0 aliphatic carbocycles. The van der Waals surface area contributed by atoms with E-state index in [9.17, 15) is 29.9 Å². The van der Waals surface area contributed by atoms with Gasteiger partial charge in [0.25, 0.3) is 5.69 Å². The highest BCUT2D eigenvalue weighted by atomic mass is 16.6. The Bertz CT molecular complexity index is 704. The van der Waals surface area contributed by atoms with Gasteiger partial charge in [0.15, 0.2) is 0 Å². The Labute approximate surface area is 145 Å². The maximum atomic E-state index is 12.1. The van der Waals surface area contributed by atoms with E-state index in [0.717, 1.165) is 0 Å². The van der Waals surface area contributed by atoms with Crippen molar-refractivity contribution in [3.63, 3.8) is 0 Å². The summed E-state index contributed by atoms with van der Waals surface area (Å²) in [7, 11) is 0. The number of hydrogen-bond donors (Lipinski definition) is 3. The zero-order chi connectivity index (χ0) is 19.2. The number of carboxylic acids is 2. The molecule has 25 heavy (non-hydrogen) atoms. The van der Waals surface area contributed by atoms with Gasteiger partial charge in [-0.15, -0.1) is 0 Å². The van der Waals surface area contributed by atoms with Crippen molar-refractivity contribution in [1.82, 2.24) is 5.32 Å². The number of aliphatic carboxylic acids is 2. The molecule has 4 atom stereocenters. The molecule has 136 valence electrons. The minimum absolute atomic E-state index is 0.197. The molecular weight excluding hydrogens is 328 g/mol. The Morgan fingerprint density at radius 1 is 1.12 bits per heavy atom. The summed E-state index contributed by atoms with van der Waals surface area (Å²) in [5.41, 5.74) is -2.79. The molecule has 0 aromatic heterocycles. The summed E-state index contributed by atoms with van der Waals surface area (Å²) >= 11 is 0. The SMILES string of the molecule is CC1NC(C)C(C)(C(=O)O)C(c2cccc([N+](=O)[O-])c2)C1(C)C(=O)O. The molecule has 0 amide bonds. The van der Waals surface area contributed by atoms with Gasteiger partial charge in [-0.3, -0.25) is 19.7 Å². The maximum Gasteiger partial charge on any atom is 0.311 e. The molecule has 8 nitrogen and oxygen atoms in total. The predicted molar refractivity (Wildman–Crippen MR) is 89.4 cm³/mol. The third kappa shape index (κ3) is 2.66. The molecule has 2 rings (SSSR count). The van der Waals surface area contributed by atoms with Crippen molar-refractivity contribution in [2.24, 2.45) is 10.8 Å². The quantitative estimate of drug-likeness (QED) is 0.561. The summed E-state index contributed by atoms with van der Waals surface area (Å²) < 4.78 is 0. The minimum atomic E-state index is -1.46. The smallest absolute Gasteiger partial charge is 0.311 e. The van der Waals surface area contributed by atoms with Crippen LogP contribution in [0.3, 0.4) is 0 Å². The monoisotopic (exact) mass is 350 g/mol. The minimum Gasteiger partial charge on any atom is -0.481 e. The van der Waals surface area contributed by atoms with Gasteiger partial charge in [-0.25, -0.2) is 0 Å². The van der Waals surface area contributed by atoms with E-state index in [1.807, 2.05) is 0 Å². The van der Waals surface area contributed by atoms with Crippen LogP contribution in [0.25, 0.3) is 0 Å². The first-order valence-electron chi connectivity index (χ1n) is 7.94. The molecule has 8 heteroatoms. The van der Waals surface area contributed by atoms with E-state index < -0.39 is 45.7 Å². The van der Waals surface area contributed by atoms with Gasteiger partial charge in [0.05, 0.1) is 15.8 Å². The third-order valence-corrected chi connectivity index (χ3v) is 5.83. The molecular formula is C17H22N2O6. The van der Waals surface area contributed by atoms with Crippen LogP contribution in [0.15, 0.2) is 24.3 Å². The Morgan fingerprint density at radius 2 is 1.60 bits per heavy atom. The van der Waals surface area contributed by atoms with E-state index in [2.05, 4.69) is 5.32 Å². The van der Waals surface area contributed by atoms with Gasteiger partial charge >= 0.3 is 11.9 Å². The van der Waals surface area contributed by atoms with Gasteiger partial charge in [-0.1, -0.05) is 12.1 Å². The normalized spacial score (nSPS) is 35.1. The third-order valence-electron chi connectivity index (χ3n) is 5.83. The topological polar surface area (TPSA) is 130 Å². The van der Waals surface area contributed by atoms with E-state index in [1.54, 1.807) is 19.9 Å². The fraction of sp³-hybridized carbons (Fsp3) is 0.529. The Kier molecular flexibility index (Phi) is 4.61. The van der Waals surface area contributed by atoms with Crippen LogP contribution in [-0.4, -0.2) is 39.2 Å². The largest absolute Gasteiger partial charge is 0.481 e. The van der Waals surface area contributed by atoms with E-state index in [-0.39, 0.29) is 5.69 Å². The molecule has 0 spiro atoms. The first-order chi connectivity index (χ1) is 11.5. The molecule has 1 aliphatic rings.